The van der Waals surface area contributed by atoms with E-state index in [9.17, 15) is 18.0 Å². The van der Waals surface area contributed by atoms with Crippen LogP contribution in [0.1, 0.15) is 10.4 Å². The molecule has 114 valence electrons. The van der Waals surface area contributed by atoms with Gasteiger partial charge in [-0.25, -0.2) is 13.1 Å². The monoisotopic (exact) mass is 332 g/mol. The number of carboxylic acids is 1. The van der Waals surface area contributed by atoms with Gasteiger partial charge in [0, 0.05) is 23.7 Å². The summed E-state index contributed by atoms with van der Waals surface area (Å²) in [7, 11) is -3.73. The van der Waals surface area contributed by atoms with E-state index in [-0.39, 0.29) is 19.0 Å². The molecule has 1 saturated heterocycles. The molecule has 1 aliphatic heterocycles. The van der Waals surface area contributed by atoms with Gasteiger partial charge in [-0.3, -0.25) is 9.59 Å². The standard InChI is InChI=1S/C12H13ClN2O5S/c13-9-3-1-2-8(4-9)12(18)15-6-10(7-15)21(19,20)14-5-11(16)17/h1-4,10,14H,5-7H2,(H,16,17). The number of likely N-dealkylation sites (tertiary alicyclic amines) is 1. The normalized spacial score (nSPS) is 15.6. The Morgan fingerprint density at radius 1 is 1.38 bits per heavy atom. The number of hydrogen-bond acceptors (Lipinski definition) is 4. The summed E-state index contributed by atoms with van der Waals surface area (Å²) < 4.78 is 25.5. The van der Waals surface area contributed by atoms with E-state index < -0.39 is 27.8 Å². The number of halogens is 1. The summed E-state index contributed by atoms with van der Waals surface area (Å²) in [4.78, 5) is 23.8. The average molecular weight is 333 g/mol. The molecule has 1 fully saturated rings. The van der Waals surface area contributed by atoms with Gasteiger partial charge in [0.15, 0.2) is 0 Å². The first-order chi connectivity index (χ1) is 9.79. The molecule has 1 aliphatic rings. The highest BCUT2D eigenvalue weighted by Crippen LogP contribution is 2.20. The van der Waals surface area contributed by atoms with Crippen LogP contribution < -0.4 is 4.72 Å². The fourth-order valence-corrected chi connectivity index (χ4v) is 3.39. The van der Waals surface area contributed by atoms with Crippen molar-refractivity contribution in [1.29, 1.82) is 0 Å². The summed E-state index contributed by atoms with van der Waals surface area (Å²) in [5, 5.41) is 8.09. The van der Waals surface area contributed by atoms with E-state index >= 15 is 0 Å². The van der Waals surface area contributed by atoms with Crippen molar-refractivity contribution in [3.63, 3.8) is 0 Å². The maximum atomic E-state index is 12.1. The van der Waals surface area contributed by atoms with Gasteiger partial charge in [0.05, 0.1) is 0 Å². The fraction of sp³-hybridized carbons (Fsp3) is 0.333. The molecule has 0 saturated carbocycles. The van der Waals surface area contributed by atoms with E-state index in [1.54, 1.807) is 18.2 Å². The van der Waals surface area contributed by atoms with E-state index in [2.05, 4.69) is 0 Å². The molecule has 1 heterocycles. The van der Waals surface area contributed by atoms with Gasteiger partial charge in [-0.1, -0.05) is 17.7 Å². The number of amides is 1. The highest BCUT2D eigenvalue weighted by Gasteiger charge is 2.40. The van der Waals surface area contributed by atoms with Gasteiger partial charge in [0.1, 0.15) is 11.8 Å². The van der Waals surface area contributed by atoms with Gasteiger partial charge in [-0.05, 0) is 18.2 Å². The van der Waals surface area contributed by atoms with Crippen LogP contribution in [0.3, 0.4) is 0 Å². The zero-order chi connectivity index (χ0) is 15.6. The summed E-state index contributed by atoms with van der Waals surface area (Å²) in [5.41, 5.74) is 0.386. The van der Waals surface area contributed by atoms with Crippen LogP contribution in [0.15, 0.2) is 24.3 Å². The first kappa shape index (κ1) is 15.7. The molecule has 9 heteroatoms. The molecule has 2 rings (SSSR count). The molecule has 0 aliphatic carbocycles. The zero-order valence-electron chi connectivity index (χ0n) is 10.8. The number of rotatable bonds is 5. The Morgan fingerprint density at radius 2 is 2.05 bits per heavy atom. The minimum atomic E-state index is -3.73. The van der Waals surface area contributed by atoms with Crippen LogP contribution in [0.5, 0.6) is 0 Å². The van der Waals surface area contributed by atoms with Crippen molar-refractivity contribution >= 4 is 33.5 Å². The maximum Gasteiger partial charge on any atom is 0.318 e. The fourth-order valence-electron chi connectivity index (χ4n) is 1.88. The molecule has 0 unspecified atom stereocenters. The lowest BCUT2D eigenvalue weighted by atomic mass is 10.1. The first-order valence-corrected chi connectivity index (χ1v) is 7.97. The lowest BCUT2D eigenvalue weighted by Crippen LogP contribution is -2.59. The average Bonchev–Trinajstić information content (AvgIpc) is 2.34. The summed E-state index contributed by atoms with van der Waals surface area (Å²) in [6.45, 7) is -0.609. The Kier molecular flexibility index (Phi) is 4.50. The van der Waals surface area contributed by atoms with E-state index in [1.165, 1.54) is 11.0 Å². The number of nitrogens with zero attached hydrogens (tertiary/aromatic N) is 1. The SMILES string of the molecule is O=C(O)CNS(=O)(=O)C1CN(C(=O)c2cccc(Cl)c2)C1. The minimum absolute atomic E-state index is 0.0281. The minimum Gasteiger partial charge on any atom is -0.480 e. The summed E-state index contributed by atoms with van der Waals surface area (Å²) >= 11 is 5.79. The van der Waals surface area contributed by atoms with Crippen LogP contribution in [0, 0.1) is 0 Å². The highest BCUT2D eigenvalue weighted by atomic mass is 35.5. The van der Waals surface area contributed by atoms with Crippen molar-refractivity contribution in [1.82, 2.24) is 9.62 Å². The number of carbonyl (C=O) groups is 2. The number of aliphatic carboxylic acids is 1. The van der Waals surface area contributed by atoms with Crippen LogP contribution >= 0.6 is 11.6 Å². The largest absolute Gasteiger partial charge is 0.480 e. The maximum absolute atomic E-state index is 12.1. The molecule has 1 aromatic carbocycles. The lowest BCUT2D eigenvalue weighted by Gasteiger charge is -2.38. The third kappa shape index (κ3) is 3.72. The van der Waals surface area contributed by atoms with Crippen molar-refractivity contribution in [2.75, 3.05) is 19.6 Å². The smallest absolute Gasteiger partial charge is 0.318 e. The first-order valence-electron chi connectivity index (χ1n) is 6.05. The van der Waals surface area contributed by atoms with Crippen LogP contribution in [0.4, 0.5) is 0 Å². The van der Waals surface area contributed by atoms with Gasteiger partial charge >= 0.3 is 5.97 Å². The second-order valence-electron chi connectivity index (χ2n) is 4.60. The predicted octanol–water partition coefficient (Wildman–Crippen LogP) is 0.168. The van der Waals surface area contributed by atoms with Crippen molar-refractivity contribution < 1.29 is 23.1 Å². The molecule has 7 nitrogen and oxygen atoms in total. The van der Waals surface area contributed by atoms with Gasteiger partial charge in [0.25, 0.3) is 5.91 Å². The molecule has 0 spiro atoms. The Hall–Kier alpha value is -1.64. The Morgan fingerprint density at radius 3 is 2.62 bits per heavy atom. The van der Waals surface area contributed by atoms with E-state index in [4.69, 9.17) is 16.7 Å². The third-order valence-corrected chi connectivity index (χ3v) is 5.03. The van der Waals surface area contributed by atoms with Gasteiger partial charge in [-0.2, -0.15) is 0 Å². The van der Waals surface area contributed by atoms with Crippen molar-refractivity contribution in [2.45, 2.75) is 5.25 Å². The van der Waals surface area contributed by atoms with E-state index in [1.807, 2.05) is 4.72 Å². The lowest BCUT2D eigenvalue weighted by molar-refractivity contribution is -0.135. The summed E-state index contributed by atoms with van der Waals surface area (Å²) in [5.74, 6) is -1.56. The van der Waals surface area contributed by atoms with E-state index in [0.717, 1.165) is 0 Å². The molecule has 21 heavy (non-hydrogen) atoms. The Bertz CT molecular complexity index is 670. The molecule has 1 amide bonds. The number of sulfonamides is 1. The number of nitrogens with one attached hydrogen (secondary N) is 1. The Balaban J connectivity index is 1.94. The van der Waals surface area contributed by atoms with Crippen LogP contribution in [-0.2, 0) is 14.8 Å². The topological polar surface area (TPSA) is 104 Å². The second-order valence-corrected chi connectivity index (χ2v) is 7.08. The van der Waals surface area contributed by atoms with Crippen LogP contribution in [0.2, 0.25) is 5.02 Å². The second kappa shape index (κ2) is 6.00. The van der Waals surface area contributed by atoms with Crippen LogP contribution in [0.25, 0.3) is 0 Å². The van der Waals surface area contributed by atoms with Crippen molar-refractivity contribution in [2.24, 2.45) is 0 Å². The summed E-state index contributed by atoms with van der Waals surface area (Å²) in [6.07, 6.45) is 0. The molecular formula is C12H13ClN2O5S. The molecule has 2 N–H and O–H groups in total. The van der Waals surface area contributed by atoms with Crippen molar-refractivity contribution in [3.05, 3.63) is 34.9 Å². The summed E-state index contributed by atoms with van der Waals surface area (Å²) in [6, 6.07) is 6.38. The molecular weight excluding hydrogens is 320 g/mol. The quantitative estimate of drug-likeness (QED) is 0.800. The molecule has 0 atom stereocenters. The number of benzene rings is 1. The predicted molar refractivity (Wildman–Crippen MR) is 75.7 cm³/mol. The Labute approximate surface area is 126 Å². The molecule has 0 radical (unpaired) electrons. The molecule has 0 aromatic heterocycles. The molecule has 0 bridgehead atoms. The number of hydrogen-bond donors (Lipinski definition) is 2. The number of carbonyl (C=O) groups excluding carboxylic acids is 1. The third-order valence-electron chi connectivity index (χ3n) is 3.07. The van der Waals surface area contributed by atoms with E-state index in [0.29, 0.717) is 10.6 Å². The van der Waals surface area contributed by atoms with Gasteiger partial charge in [0.2, 0.25) is 10.0 Å². The van der Waals surface area contributed by atoms with Crippen LogP contribution in [-0.4, -0.2) is 55.2 Å². The highest BCUT2D eigenvalue weighted by molar-refractivity contribution is 7.90. The van der Waals surface area contributed by atoms with Gasteiger partial charge < -0.3 is 10.0 Å². The van der Waals surface area contributed by atoms with Crippen molar-refractivity contribution in [3.8, 4) is 0 Å². The molecule has 1 aromatic rings. The zero-order valence-corrected chi connectivity index (χ0v) is 12.4. The number of carboxylic acid groups (broad SMARTS) is 1. The van der Waals surface area contributed by atoms with Gasteiger partial charge in [-0.15, -0.1) is 0 Å².